The maximum absolute atomic E-state index is 12.8. The van der Waals surface area contributed by atoms with Gasteiger partial charge in [0.1, 0.15) is 30.1 Å². The number of ether oxygens (including phenoxy) is 1. The molecule has 1 N–H and O–H groups in total. The van der Waals surface area contributed by atoms with E-state index >= 15 is 0 Å². The van der Waals surface area contributed by atoms with Crippen LogP contribution in [0.3, 0.4) is 0 Å². The Kier molecular flexibility index (Phi) is 12.6. The molecule has 0 saturated carbocycles. The fourth-order valence-electron chi connectivity index (χ4n) is 2.60. The number of ketones is 1. The van der Waals surface area contributed by atoms with Crippen LogP contribution in [0, 0.1) is 11.7 Å². The van der Waals surface area contributed by atoms with E-state index in [9.17, 15) is 14.3 Å². The molecule has 0 fully saturated rings. The van der Waals surface area contributed by atoms with Gasteiger partial charge in [0, 0.05) is 6.42 Å². The van der Waals surface area contributed by atoms with Crippen LogP contribution in [-0.2, 0) is 4.79 Å². The summed E-state index contributed by atoms with van der Waals surface area (Å²) in [5.41, 5.74) is 0. The van der Waals surface area contributed by atoms with E-state index in [2.05, 4.69) is 25.2 Å². The first-order chi connectivity index (χ1) is 13.5. The van der Waals surface area contributed by atoms with Gasteiger partial charge in [0.15, 0.2) is 0 Å². The van der Waals surface area contributed by atoms with Crippen molar-refractivity contribution in [1.29, 1.82) is 0 Å². The monoisotopic (exact) mass is 388 g/mol. The summed E-state index contributed by atoms with van der Waals surface area (Å²) in [6.07, 6.45) is 16.9. The lowest BCUT2D eigenvalue weighted by atomic mass is 9.99. The second-order valence-corrected chi connectivity index (χ2v) is 7.13. The second kappa shape index (κ2) is 14.8. The van der Waals surface area contributed by atoms with Crippen molar-refractivity contribution < 1.29 is 19.0 Å². The number of hydrogen-bond donors (Lipinski definition) is 1. The van der Waals surface area contributed by atoms with Crippen LogP contribution >= 0.6 is 0 Å². The van der Waals surface area contributed by atoms with Crippen LogP contribution < -0.4 is 4.74 Å². The molecule has 0 aliphatic carbocycles. The Morgan fingerprint density at radius 1 is 1.14 bits per heavy atom. The fourth-order valence-corrected chi connectivity index (χ4v) is 2.60. The highest BCUT2D eigenvalue weighted by Crippen LogP contribution is 2.13. The predicted octanol–water partition coefficient (Wildman–Crippen LogP) is 5.80. The summed E-state index contributed by atoms with van der Waals surface area (Å²) in [6, 6.07) is 5.73. The molecule has 4 heteroatoms. The summed E-state index contributed by atoms with van der Waals surface area (Å²) in [5, 5.41) is 9.85. The Balaban J connectivity index is 2.08. The molecule has 0 radical (unpaired) electrons. The topological polar surface area (TPSA) is 46.5 Å². The molecule has 3 nitrogen and oxygen atoms in total. The molecule has 0 amide bonds. The normalized spacial score (nSPS) is 14.1. The van der Waals surface area contributed by atoms with E-state index in [4.69, 9.17) is 4.74 Å². The van der Waals surface area contributed by atoms with Gasteiger partial charge < -0.3 is 14.6 Å². The minimum Gasteiger partial charge on any atom is -0.491 e. The van der Waals surface area contributed by atoms with Gasteiger partial charge in [-0.15, -0.1) is 0 Å². The molecule has 2 atom stereocenters. The van der Waals surface area contributed by atoms with Crippen molar-refractivity contribution in [2.24, 2.45) is 5.92 Å². The highest BCUT2D eigenvalue weighted by molar-refractivity contribution is 5.75. The summed E-state index contributed by atoms with van der Waals surface area (Å²) in [6.45, 7) is 4.00. The molecule has 154 valence electrons. The van der Waals surface area contributed by atoms with Gasteiger partial charge in [-0.2, -0.15) is 0 Å². The predicted molar refractivity (Wildman–Crippen MR) is 113 cm³/mol. The average Bonchev–Trinajstić information content (AvgIpc) is 2.66. The quantitative estimate of drug-likeness (QED) is 0.249. The van der Waals surface area contributed by atoms with Crippen molar-refractivity contribution >= 4 is 5.78 Å². The van der Waals surface area contributed by atoms with Crippen molar-refractivity contribution in [1.82, 2.24) is 0 Å². The van der Waals surface area contributed by atoms with Crippen molar-refractivity contribution in [3.8, 4) is 5.75 Å². The van der Waals surface area contributed by atoms with E-state index in [1.165, 1.54) is 24.3 Å². The van der Waals surface area contributed by atoms with Gasteiger partial charge in [-0.05, 0) is 69.2 Å². The van der Waals surface area contributed by atoms with Crippen LogP contribution in [0.2, 0.25) is 0 Å². The molecule has 0 bridgehead atoms. The molecular formula is C24H33FO3. The van der Waals surface area contributed by atoms with Crippen molar-refractivity contribution in [3.63, 3.8) is 0 Å². The molecule has 2 unspecified atom stereocenters. The number of halogens is 1. The Morgan fingerprint density at radius 2 is 1.82 bits per heavy atom. The zero-order chi connectivity index (χ0) is 20.6. The summed E-state index contributed by atoms with van der Waals surface area (Å²) >= 11 is 0. The van der Waals surface area contributed by atoms with Gasteiger partial charge in [0.2, 0.25) is 0 Å². The van der Waals surface area contributed by atoms with Crippen LogP contribution in [-0.4, -0.2) is 23.6 Å². The van der Waals surface area contributed by atoms with E-state index < -0.39 is 6.10 Å². The lowest BCUT2D eigenvalue weighted by Crippen LogP contribution is -2.14. The maximum atomic E-state index is 12.8. The molecule has 1 aromatic carbocycles. The molecule has 1 aromatic rings. The molecule has 0 saturated heterocycles. The van der Waals surface area contributed by atoms with Gasteiger partial charge in [0.05, 0.1) is 0 Å². The first kappa shape index (κ1) is 23.8. The average molecular weight is 389 g/mol. The van der Waals surface area contributed by atoms with Gasteiger partial charge in [0.25, 0.3) is 0 Å². The van der Waals surface area contributed by atoms with Crippen molar-refractivity contribution in [2.75, 3.05) is 6.61 Å². The van der Waals surface area contributed by atoms with E-state index in [0.29, 0.717) is 18.1 Å². The Labute approximate surface area is 168 Å². The van der Waals surface area contributed by atoms with Crippen LogP contribution in [0.4, 0.5) is 4.39 Å². The number of benzene rings is 1. The van der Waals surface area contributed by atoms with Gasteiger partial charge in [-0.25, -0.2) is 4.39 Å². The number of carbonyl (C=O) groups excluding carboxylic acids is 1. The van der Waals surface area contributed by atoms with E-state index in [1.54, 1.807) is 13.0 Å². The summed E-state index contributed by atoms with van der Waals surface area (Å²) < 4.78 is 18.2. The third-order valence-corrected chi connectivity index (χ3v) is 4.24. The molecule has 0 heterocycles. The lowest BCUT2D eigenvalue weighted by Gasteiger charge is -2.08. The first-order valence-electron chi connectivity index (χ1n) is 10.0. The first-order valence-corrected chi connectivity index (χ1v) is 10.0. The molecule has 0 aromatic heterocycles. The largest absolute Gasteiger partial charge is 0.491 e. The highest BCUT2D eigenvalue weighted by Gasteiger charge is 2.01. The third kappa shape index (κ3) is 13.0. The molecule has 28 heavy (non-hydrogen) atoms. The molecule has 0 aliphatic rings. The maximum Gasteiger partial charge on any atom is 0.129 e. The van der Waals surface area contributed by atoms with Crippen LogP contribution in [0.15, 0.2) is 60.7 Å². The second-order valence-electron chi connectivity index (χ2n) is 7.13. The standard InChI is InChI=1S/C24H33FO3/c1-20(12-10-13-21(2)26)11-8-6-4-3-5-7-9-14-23(27)19-28-24-17-15-22(25)16-18-24/h3-4,6,8-9,14-18,20,23,27H,5,7,10-13,19H2,1-2H3/b4-3+,8-6+,14-9+. The summed E-state index contributed by atoms with van der Waals surface area (Å²) in [5.74, 6) is 1.10. The molecule has 0 spiro atoms. The van der Waals surface area contributed by atoms with Crippen LogP contribution in [0.1, 0.15) is 52.4 Å². The van der Waals surface area contributed by atoms with Crippen molar-refractivity contribution in [2.45, 2.75) is 58.5 Å². The summed E-state index contributed by atoms with van der Waals surface area (Å²) in [4.78, 5) is 10.9. The smallest absolute Gasteiger partial charge is 0.129 e. The number of Topliss-reactive ketones (excluding diaryl/α,β-unsaturated/α-hetero) is 1. The van der Waals surface area contributed by atoms with Crippen LogP contribution in [0.25, 0.3) is 0 Å². The van der Waals surface area contributed by atoms with E-state index in [0.717, 1.165) is 32.1 Å². The number of hydrogen-bond acceptors (Lipinski definition) is 3. The number of aliphatic hydroxyl groups excluding tert-OH is 1. The molecule has 0 aliphatic heterocycles. The SMILES string of the molecule is CC(=O)CCCC(C)C/C=C/C=C/CC/C=C/C(O)COc1ccc(F)cc1. The Morgan fingerprint density at radius 3 is 2.54 bits per heavy atom. The number of unbranched alkanes of at least 4 members (excludes halogenated alkanes) is 1. The zero-order valence-corrected chi connectivity index (χ0v) is 17.0. The Hall–Kier alpha value is -2.20. The van der Waals surface area contributed by atoms with Gasteiger partial charge >= 0.3 is 0 Å². The van der Waals surface area contributed by atoms with Crippen LogP contribution in [0.5, 0.6) is 5.75 Å². The minimum absolute atomic E-state index is 0.144. The van der Waals surface area contributed by atoms with E-state index in [-0.39, 0.29) is 18.2 Å². The molecular weight excluding hydrogens is 355 g/mol. The Bertz CT molecular complexity index is 632. The lowest BCUT2D eigenvalue weighted by molar-refractivity contribution is -0.117. The van der Waals surface area contributed by atoms with E-state index in [1.807, 2.05) is 12.2 Å². The van der Waals surface area contributed by atoms with Gasteiger partial charge in [-0.1, -0.05) is 43.4 Å². The molecule has 1 rings (SSSR count). The number of allylic oxidation sites excluding steroid dienone is 5. The van der Waals surface area contributed by atoms with Gasteiger partial charge in [-0.3, -0.25) is 0 Å². The number of aliphatic hydroxyl groups is 1. The minimum atomic E-state index is -0.682. The highest BCUT2D eigenvalue weighted by atomic mass is 19.1. The fraction of sp³-hybridized carbons (Fsp3) is 0.458. The number of rotatable bonds is 14. The summed E-state index contributed by atoms with van der Waals surface area (Å²) in [7, 11) is 0. The third-order valence-electron chi connectivity index (χ3n) is 4.24. The van der Waals surface area contributed by atoms with Crippen molar-refractivity contribution in [3.05, 3.63) is 66.5 Å². The zero-order valence-electron chi connectivity index (χ0n) is 17.0. The number of carbonyl (C=O) groups is 1.